The molecule has 0 fully saturated rings. The lowest BCUT2D eigenvalue weighted by Crippen LogP contribution is -2.48. The quantitative estimate of drug-likeness (QED) is 0.768. The smallest absolute Gasteiger partial charge is 0.241 e. The van der Waals surface area contributed by atoms with Crippen LogP contribution in [0.15, 0.2) is 53.4 Å². The normalized spacial score (nSPS) is 14.3. The van der Waals surface area contributed by atoms with Crippen molar-refractivity contribution in [3.63, 3.8) is 0 Å². The Kier molecular flexibility index (Phi) is 5.80. The van der Waals surface area contributed by atoms with Crippen LogP contribution in [0.3, 0.4) is 0 Å². The van der Waals surface area contributed by atoms with Crippen molar-refractivity contribution in [1.82, 2.24) is 4.72 Å². The van der Waals surface area contributed by atoms with Crippen LogP contribution in [0.5, 0.6) is 0 Å². The highest BCUT2D eigenvalue weighted by molar-refractivity contribution is 7.89. The molecule has 1 unspecified atom stereocenters. The second-order valence-electron chi connectivity index (χ2n) is 7.03. The topological polar surface area (TPSA) is 63.2 Å². The lowest BCUT2D eigenvalue weighted by Gasteiger charge is -2.25. The summed E-state index contributed by atoms with van der Waals surface area (Å²) in [5.74, 6) is 0.423. The standard InChI is InChI=1S/C20H25NO3S/c1-15(2)18-9-7-17(8-10-18)13-20(4,14-22)21-25(23,24)19-11-5-16(3)6-12-19/h5-12,14-15,21H,13H2,1-4H3. The molecule has 0 bridgehead atoms. The van der Waals surface area contributed by atoms with E-state index in [9.17, 15) is 13.2 Å². The Morgan fingerprint density at radius 2 is 1.60 bits per heavy atom. The van der Waals surface area contributed by atoms with Gasteiger partial charge in [-0.1, -0.05) is 55.8 Å². The van der Waals surface area contributed by atoms with Gasteiger partial charge < -0.3 is 4.79 Å². The summed E-state index contributed by atoms with van der Waals surface area (Å²) < 4.78 is 27.7. The van der Waals surface area contributed by atoms with Crippen LogP contribution in [0, 0.1) is 6.92 Å². The SMILES string of the molecule is Cc1ccc(S(=O)(=O)NC(C)(C=O)Cc2ccc(C(C)C)cc2)cc1. The van der Waals surface area contributed by atoms with Crippen LogP contribution >= 0.6 is 0 Å². The number of hydrogen-bond donors (Lipinski definition) is 1. The van der Waals surface area contributed by atoms with E-state index in [1.165, 1.54) is 5.56 Å². The van der Waals surface area contributed by atoms with Gasteiger partial charge in [-0.05, 0) is 49.4 Å². The van der Waals surface area contributed by atoms with Crippen LogP contribution in [-0.2, 0) is 21.2 Å². The van der Waals surface area contributed by atoms with E-state index >= 15 is 0 Å². The minimum Gasteiger partial charge on any atom is -0.301 e. The molecule has 25 heavy (non-hydrogen) atoms. The van der Waals surface area contributed by atoms with Crippen LogP contribution in [0.4, 0.5) is 0 Å². The van der Waals surface area contributed by atoms with Crippen molar-refractivity contribution in [1.29, 1.82) is 0 Å². The van der Waals surface area contributed by atoms with Crippen molar-refractivity contribution in [2.24, 2.45) is 0 Å². The summed E-state index contributed by atoms with van der Waals surface area (Å²) >= 11 is 0. The zero-order valence-corrected chi connectivity index (χ0v) is 15.9. The predicted molar refractivity (Wildman–Crippen MR) is 100 cm³/mol. The Morgan fingerprint density at radius 3 is 2.08 bits per heavy atom. The van der Waals surface area contributed by atoms with Crippen LogP contribution in [0.25, 0.3) is 0 Å². The van der Waals surface area contributed by atoms with E-state index in [0.29, 0.717) is 18.6 Å². The molecular weight excluding hydrogens is 334 g/mol. The zero-order valence-electron chi connectivity index (χ0n) is 15.1. The molecule has 0 radical (unpaired) electrons. The highest BCUT2D eigenvalue weighted by atomic mass is 32.2. The molecule has 5 heteroatoms. The Labute approximate surface area is 150 Å². The zero-order chi connectivity index (χ0) is 18.7. The van der Waals surface area contributed by atoms with Crippen molar-refractivity contribution in [2.45, 2.75) is 50.5 Å². The number of aldehydes is 1. The van der Waals surface area contributed by atoms with E-state index in [1.807, 2.05) is 31.2 Å². The summed E-state index contributed by atoms with van der Waals surface area (Å²) in [4.78, 5) is 11.8. The number of nitrogens with one attached hydrogen (secondary N) is 1. The predicted octanol–water partition coefficient (Wildman–Crippen LogP) is 3.60. The molecule has 1 N–H and O–H groups in total. The fourth-order valence-corrected chi connectivity index (χ4v) is 3.98. The Morgan fingerprint density at radius 1 is 1.04 bits per heavy atom. The number of aryl methyl sites for hydroxylation is 1. The van der Waals surface area contributed by atoms with Crippen molar-refractivity contribution in [3.8, 4) is 0 Å². The molecule has 2 aromatic carbocycles. The summed E-state index contributed by atoms with van der Waals surface area (Å²) in [7, 11) is -3.77. The molecule has 4 nitrogen and oxygen atoms in total. The molecule has 0 amide bonds. The second-order valence-corrected chi connectivity index (χ2v) is 8.71. The maximum Gasteiger partial charge on any atom is 0.241 e. The molecule has 0 aliphatic carbocycles. The first-order valence-electron chi connectivity index (χ1n) is 8.31. The van der Waals surface area contributed by atoms with Gasteiger partial charge in [0, 0.05) is 0 Å². The van der Waals surface area contributed by atoms with Gasteiger partial charge in [-0.25, -0.2) is 8.42 Å². The molecule has 2 rings (SSSR count). The van der Waals surface area contributed by atoms with Crippen molar-refractivity contribution in [3.05, 3.63) is 65.2 Å². The lowest BCUT2D eigenvalue weighted by molar-refractivity contribution is -0.112. The summed E-state index contributed by atoms with van der Waals surface area (Å²) in [6.07, 6.45) is 0.953. The van der Waals surface area contributed by atoms with Crippen molar-refractivity contribution < 1.29 is 13.2 Å². The maximum atomic E-state index is 12.6. The van der Waals surface area contributed by atoms with Gasteiger partial charge >= 0.3 is 0 Å². The molecule has 0 heterocycles. The fourth-order valence-electron chi connectivity index (χ4n) is 2.63. The van der Waals surface area contributed by atoms with E-state index in [1.54, 1.807) is 31.2 Å². The number of sulfonamides is 1. The van der Waals surface area contributed by atoms with Crippen LogP contribution in [-0.4, -0.2) is 20.2 Å². The van der Waals surface area contributed by atoms with Crippen LogP contribution < -0.4 is 4.72 Å². The molecule has 0 spiro atoms. The first-order chi connectivity index (χ1) is 11.6. The van der Waals surface area contributed by atoms with E-state index in [-0.39, 0.29) is 4.90 Å². The average molecular weight is 359 g/mol. The monoisotopic (exact) mass is 359 g/mol. The number of carbonyl (C=O) groups is 1. The van der Waals surface area contributed by atoms with Gasteiger partial charge in [0.15, 0.2) is 0 Å². The number of benzene rings is 2. The van der Waals surface area contributed by atoms with Gasteiger partial charge in [0.1, 0.15) is 6.29 Å². The van der Waals surface area contributed by atoms with Gasteiger partial charge in [-0.3, -0.25) is 0 Å². The maximum absolute atomic E-state index is 12.6. The van der Waals surface area contributed by atoms with Gasteiger partial charge in [0.05, 0.1) is 10.4 Å². The van der Waals surface area contributed by atoms with Crippen molar-refractivity contribution >= 4 is 16.3 Å². The molecule has 134 valence electrons. The molecule has 0 aromatic heterocycles. The largest absolute Gasteiger partial charge is 0.301 e. The van der Waals surface area contributed by atoms with Crippen LogP contribution in [0.2, 0.25) is 0 Å². The first-order valence-corrected chi connectivity index (χ1v) is 9.79. The molecule has 0 saturated carbocycles. The summed E-state index contributed by atoms with van der Waals surface area (Å²) in [6, 6.07) is 14.5. The summed E-state index contributed by atoms with van der Waals surface area (Å²) in [5, 5.41) is 0. The molecule has 2 aromatic rings. The number of rotatable bonds is 7. The number of carbonyl (C=O) groups excluding carboxylic acids is 1. The van der Waals surface area contributed by atoms with E-state index in [2.05, 4.69) is 18.6 Å². The van der Waals surface area contributed by atoms with Gasteiger partial charge in [0.25, 0.3) is 0 Å². The summed E-state index contributed by atoms with van der Waals surface area (Å²) in [5.41, 5.74) is 1.88. The second kappa shape index (κ2) is 7.50. The van der Waals surface area contributed by atoms with Crippen LogP contribution in [0.1, 0.15) is 43.4 Å². The fraction of sp³-hybridized carbons (Fsp3) is 0.350. The molecule has 0 aliphatic heterocycles. The molecule has 0 aliphatic rings. The van der Waals surface area contributed by atoms with Gasteiger partial charge in [-0.2, -0.15) is 4.72 Å². The van der Waals surface area contributed by atoms with Gasteiger partial charge in [0.2, 0.25) is 10.0 Å². The minimum atomic E-state index is -3.77. The van der Waals surface area contributed by atoms with E-state index < -0.39 is 15.6 Å². The third kappa shape index (κ3) is 5.00. The van der Waals surface area contributed by atoms with Crippen molar-refractivity contribution in [2.75, 3.05) is 0 Å². The highest BCUT2D eigenvalue weighted by Gasteiger charge is 2.30. The Balaban J connectivity index is 2.21. The highest BCUT2D eigenvalue weighted by Crippen LogP contribution is 2.19. The van der Waals surface area contributed by atoms with Gasteiger partial charge in [-0.15, -0.1) is 0 Å². The molecular formula is C20H25NO3S. The van der Waals surface area contributed by atoms with E-state index in [4.69, 9.17) is 0 Å². The van der Waals surface area contributed by atoms with E-state index in [0.717, 1.165) is 11.1 Å². The first kappa shape index (κ1) is 19.3. The summed E-state index contributed by atoms with van der Waals surface area (Å²) in [6.45, 7) is 7.71. The average Bonchev–Trinajstić information content (AvgIpc) is 2.55. The molecule has 1 atom stereocenters. The number of hydrogen-bond acceptors (Lipinski definition) is 3. The molecule has 0 saturated heterocycles. The Hall–Kier alpha value is -1.98. The Bertz CT molecular complexity index is 824. The minimum absolute atomic E-state index is 0.154. The third-order valence-electron chi connectivity index (χ3n) is 4.18. The lowest BCUT2D eigenvalue weighted by atomic mass is 9.93. The third-order valence-corrected chi connectivity index (χ3v) is 5.80.